The number of carbonyl (C=O) groups is 1. The van der Waals surface area contributed by atoms with E-state index in [0.717, 1.165) is 37.7 Å². The van der Waals surface area contributed by atoms with Crippen molar-refractivity contribution >= 4 is 17.4 Å². The third-order valence-corrected chi connectivity index (χ3v) is 5.97. The Labute approximate surface area is 183 Å². The summed E-state index contributed by atoms with van der Waals surface area (Å²) in [7, 11) is 0. The Hall–Kier alpha value is -2.10. The van der Waals surface area contributed by atoms with Crippen LogP contribution in [0.25, 0.3) is 0 Å². The second kappa shape index (κ2) is 9.18. The molecule has 10 heteroatoms. The monoisotopic (exact) mass is 456 g/mol. The lowest BCUT2D eigenvalue weighted by Gasteiger charge is -2.33. The standard InChI is InChI=1S/C21H24ClF3N4O2/c22-16-1-3-17(4-2-16)31-18-5-8-27(9-6-18)11-15-12-28(13-19(15)30)14-29-10-7-20(26-29)21(23,24)25/h1-4,7,10,15,18H,5-6,8-9,11-14H2. The van der Waals surface area contributed by atoms with E-state index in [1.165, 1.54) is 10.9 Å². The molecule has 1 unspecified atom stereocenters. The summed E-state index contributed by atoms with van der Waals surface area (Å²) in [6.07, 6.45) is -1.28. The largest absolute Gasteiger partial charge is 0.490 e. The van der Waals surface area contributed by atoms with Crippen molar-refractivity contribution in [3.05, 3.63) is 47.2 Å². The lowest BCUT2D eigenvalue weighted by atomic mass is 10.0. The fraction of sp³-hybridized carbons (Fsp3) is 0.524. The smallest absolute Gasteiger partial charge is 0.435 e. The van der Waals surface area contributed by atoms with Crippen molar-refractivity contribution in [2.75, 3.05) is 32.7 Å². The molecule has 3 heterocycles. The summed E-state index contributed by atoms with van der Waals surface area (Å²) < 4.78 is 45.3. The molecular weight excluding hydrogens is 433 g/mol. The van der Waals surface area contributed by atoms with Gasteiger partial charge < -0.3 is 9.64 Å². The molecule has 0 bridgehead atoms. The van der Waals surface area contributed by atoms with Gasteiger partial charge in [-0.25, -0.2) is 0 Å². The van der Waals surface area contributed by atoms with E-state index in [1.54, 1.807) is 12.1 Å². The first-order valence-electron chi connectivity index (χ1n) is 10.3. The van der Waals surface area contributed by atoms with Gasteiger partial charge in [-0.2, -0.15) is 18.3 Å². The van der Waals surface area contributed by atoms with Crippen LogP contribution in [0, 0.1) is 5.92 Å². The zero-order chi connectivity index (χ0) is 22.0. The highest BCUT2D eigenvalue weighted by atomic mass is 35.5. The molecule has 1 aromatic carbocycles. The maximum absolute atomic E-state index is 12.7. The molecule has 1 atom stereocenters. The van der Waals surface area contributed by atoms with Gasteiger partial charge in [0.1, 0.15) is 11.9 Å². The molecule has 0 N–H and O–H groups in total. The first kappa shape index (κ1) is 22.1. The number of hydrogen-bond donors (Lipinski definition) is 0. The number of likely N-dealkylation sites (tertiary alicyclic amines) is 2. The third kappa shape index (κ3) is 5.78. The molecule has 31 heavy (non-hydrogen) atoms. The molecule has 168 valence electrons. The van der Waals surface area contributed by atoms with Gasteiger partial charge in [-0.3, -0.25) is 14.4 Å². The van der Waals surface area contributed by atoms with E-state index >= 15 is 0 Å². The molecule has 1 aromatic heterocycles. The van der Waals surface area contributed by atoms with Crippen LogP contribution in [0.5, 0.6) is 5.75 Å². The average molecular weight is 457 g/mol. The number of carbonyl (C=O) groups excluding carboxylic acids is 1. The predicted octanol–water partition coefficient (Wildman–Crippen LogP) is 3.56. The van der Waals surface area contributed by atoms with Crippen molar-refractivity contribution in [2.45, 2.75) is 31.8 Å². The van der Waals surface area contributed by atoms with E-state index in [4.69, 9.17) is 16.3 Å². The van der Waals surface area contributed by atoms with Crippen LogP contribution in [-0.2, 0) is 17.6 Å². The number of ether oxygens (including phenoxy) is 1. The second-order valence-corrected chi connectivity index (χ2v) is 8.56. The number of benzene rings is 1. The van der Waals surface area contributed by atoms with Crippen LogP contribution in [-0.4, -0.2) is 64.2 Å². The molecule has 2 aromatic rings. The van der Waals surface area contributed by atoms with Gasteiger partial charge in [-0.1, -0.05) is 11.6 Å². The van der Waals surface area contributed by atoms with E-state index in [9.17, 15) is 18.0 Å². The Morgan fingerprint density at radius 2 is 1.81 bits per heavy atom. The fourth-order valence-corrected chi connectivity index (χ4v) is 4.24. The third-order valence-electron chi connectivity index (χ3n) is 5.72. The van der Waals surface area contributed by atoms with Gasteiger partial charge in [0, 0.05) is 43.3 Å². The quantitative estimate of drug-likeness (QED) is 0.665. The van der Waals surface area contributed by atoms with Gasteiger partial charge in [-0.05, 0) is 43.2 Å². The van der Waals surface area contributed by atoms with Crippen molar-refractivity contribution in [2.24, 2.45) is 5.92 Å². The summed E-state index contributed by atoms with van der Waals surface area (Å²) in [5, 5.41) is 4.24. The number of rotatable bonds is 6. The Morgan fingerprint density at radius 3 is 2.45 bits per heavy atom. The summed E-state index contributed by atoms with van der Waals surface area (Å²) in [5.41, 5.74) is -0.918. The molecule has 2 saturated heterocycles. The Morgan fingerprint density at radius 1 is 1.10 bits per heavy atom. The second-order valence-electron chi connectivity index (χ2n) is 8.13. The summed E-state index contributed by atoms with van der Waals surface area (Å²) in [5.74, 6) is 0.797. The lowest BCUT2D eigenvalue weighted by Crippen LogP contribution is -2.42. The lowest BCUT2D eigenvalue weighted by molar-refractivity contribution is -0.141. The highest BCUT2D eigenvalue weighted by Crippen LogP contribution is 2.27. The molecule has 0 amide bonds. The molecule has 0 spiro atoms. The molecule has 4 rings (SSSR count). The number of aromatic nitrogens is 2. The molecule has 2 aliphatic rings. The zero-order valence-corrected chi connectivity index (χ0v) is 17.6. The Balaban J connectivity index is 1.22. The van der Waals surface area contributed by atoms with Crippen LogP contribution in [0.4, 0.5) is 13.2 Å². The number of alkyl halides is 3. The number of piperidine rings is 1. The fourth-order valence-electron chi connectivity index (χ4n) is 4.12. The van der Waals surface area contributed by atoms with Gasteiger partial charge in [0.25, 0.3) is 0 Å². The van der Waals surface area contributed by atoms with E-state index in [2.05, 4.69) is 10.00 Å². The summed E-state index contributed by atoms with van der Waals surface area (Å²) in [6.45, 7) is 3.29. The van der Waals surface area contributed by atoms with E-state index < -0.39 is 11.9 Å². The number of hydrogen-bond acceptors (Lipinski definition) is 5. The van der Waals surface area contributed by atoms with Gasteiger partial charge in [-0.15, -0.1) is 0 Å². The van der Waals surface area contributed by atoms with Gasteiger partial charge >= 0.3 is 6.18 Å². The number of halogens is 4. The molecule has 2 aliphatic heterocycles. The maximum atomic E-state index is 12.7. The first-order chi connectivity index (χ1) is 14.8. The molecule has 2 fully saturated rings. The van der Waals surface area contributed by atoms with Crippen molar-refractivity contribution in [3.63, 3.8) is 0 Å². The molecule has 6 nitrogen and oxygen atoms in total. The van der Waals surface area contributed by atoms with Gasteiger partial charge in [0.15, 0.2) is 11.5 Å². The highest BCUT2D eigenvalue weighted by Gasteiger charge is 2.35. The number of nitrogens with zero attached hydrogens (tertiary/aromatic N) is 4. The van der Waals surface area contributed by atoms with Crippen molar-refractivity contribution < 1.29 is 22.7 Å². The van der Waals surface area contributed by atoms with Crippen LogP contribution < -0.4 is 4.74 Å². The van der Waals surface area contributed by atoms with E-state index in [-0.39, 0.29) is 31.0 Å². The van der Waals surface area contributed by atoms with Crippen molar-refractivity contribution in [3.8, 4) is 5.75 Å². The molecular formula is C21H24ClF3N4O2. The van der Waals surface area contributed by atoms with Crippen LogP contribution >= 0.6 is 11.6 Å². The van der Waals surface area contributed by atoms with Crippen LogP contribution in [0.1, 0.15) is 18.5 Å². The van der Waals surface area contributed by atoms with Crippen LogP contribution in [0.15, 0.2) is 36.5 Å². The SMILES string of the molecule is O=C1CN(Cn2ccc(C(F)(F)F)n2)CC1CN1CCC(Oc2ccc(Cl)cc2)CC1. The first-order valence-corrected chi connectivity index (χ1v) is 10.6. The molecule has 0 aliphatic carbocycles. The number of Topliss-reactive ketones (excluding diaryl/α,β-unsaturated/α-hetero) is 1. The maximum Gasteiger partial charge on any atom is 0.435 e. The minimum Gasteiger partial charge on any atom is -0.490 e. The molecule has 0 radical (unpaired) electrons. The van der Waals surface area contributed by atoms with Gasteiger partial charge in [0.2, 0.25) is 0 Å². The summed E-state index contributed by atoms with van der Waals surface area (Å²) in [6, 6.07) is 8.27. The van der Waals surface area contributed by atoms with Crippen LogP contribution in [0.2, 0.25) is 5.02 Å². The predicted molar refractivity (Wildman–Crippen MR) is 109 cm³/mol. The zero-order valence-electron chi connectivity index (χ0n) is 16.9. The minimum absolute atomic E-state index is 0.128. The number of ketones is 1. The van der Waals surface area contributed by atoms with Crippen molar-refractivity contribution in [1.82, 2.24) is 19.6 Å². The highest BCUT2D eigenvalue weighted by molar-refractivity contribution is 6.30. The van der Waals surface area contributed by atoms with Crippen LogP contribution in [0.3, 0.4) is 0 Å². The summed E-state index contributed by atoms with van der Waals surface area (Å²) >= 11 is 5.90. The Kier molecular flexibility index (Phi) is 6.55. The topological polar surface area (TPSA) is 50.6 Å². The minimum atomic E-state index is -4.46. The Bertz CT molecular complexity index is 895. The molecule has 0 saturated carbocycles. The van der Waals surface area contributed by atoms with Crippen molar-refractivity contribution in [1.29, 1.82) is 0 Å². The summed E-state index contributed by atoms with van der Waals surface area (Å²) in [4.78, 5) is 16.5. The van der Waals surface area contributed by atoms with E-state index in [1.807, 2.05) is 17.0 Å². The van der Waals surface area contributed by atoms with E-state index in [0.29, 0.717) is 18.1 Å². The van der Waals surface area contributed by atoms with Gasteiger partial charge in [0.05, 0.1) is 13.2 Å². The average Bonchev–Trinajstić information content (AvgIpc) is 3.32. The normalized spacial score (nSPS) is 21.7.